The van der Waals surface area contributed by atoms with Crippen molar-refractivity contribution in [2.24, 2.45) is 5.92 Å². The summed E-state index contributed by atoms with van der Waals surface area (Å²) in [4.78, 5) is 45.7. The second-order valence-corrected chi connectivity index (χ2v) is 9.10. The van der Waals surface area contributed by atoms with E-state index in [1.807, 2.05) is 30.3 Å². The molecule has 0 bridgehead atoms. The van der Waals surface area contributed by atoms with Crippen LogP contribution >= 0.6 is 0 Å². The number of hydrogen-bond acceptors (Lipinski definition) is 6. The third-order valence-corrected chi connectivity index (χ3v) is 7.57. The van der Waals surface area contributed by atoms with E-state index in [0.29, 0.717) is 23.5 Å². The molecule has 8 heteroatoms. The molecule has 3 aliphatic heterocycles. The van der Waals surface area contributed by atoms with E-state index in [-0.39, 0.29) is 23.4 Å². The fourth-order valence-corrected chi connectivity index (χ4v) is 6.40. The highest BCUT2D eigenvalue weighted by Gasteiger charge is 2.69. The van der Waals surface area contributed by atoms with E-state index in [0.717, 1.165) is 18.4 Å². The van der Waals surface area contributed by atoms with Crippen LogP contribution in [-0.4, -0.2) is 39.1 Å². The summed E-state index contributed by atoms with van der Waals surface area (Å²) in [6.07, 6.45) is 3.26. The quantitative estimate of drug-likeness (QED) is 0.364. The first-order valence-electron chi connectivity index (χ1n) is 11.4. The number of carbonyl (C=O) groups excluding carboxylic acids is 2. The molecule has 1 N–H and O–H groups in total. The van der Waals surface area contributed by atoms with Gasteiger partial charge in [-0.3, -0.25) is 29.6 Å². The number of non-ortho nitro benzene ring substituents is 1. The van der Waals surface area contributed by atoms with Gasteiger partial charge in [0.05, 0.1) is 10.8 Å². The lowest BCUT2D eigenvalue weighted by molar-refractivity contribution is -0.384. The summed E-state index contributed by atoms with van der Waals surface area (Å²) in [6, 6.07) is 19.1. The van der Waals surface area contributed by atoms with E-state index in [4.69, 9.17) is 0 Å². The number of anilines is 1. The third kappa shape index (κ3) is 2.72. The average molecular weight is 454 g/mol. The number of benzene rings is 2. The molecule has 3 unspecified atom stereocenters. The summed E-state index contributed by atoms with van der Waals surface area (Å²) in [5.74, 6) is -1.62. The van der Waals surface area contributed by atoms with Crippen LogP contribution in [0, 0.1) is 16.0 Å². The summed E-state index contributed by atoms with van der Waals surface area (Å²) < 4.78 is 0. The summed E-state index contributed by atoms with van der Waals surface area (Å²) in [5.41, 5.74) is 1.27. The molecule has 34 heavy (non-hydrogen) atoms. The Kier molecular flexibility index (Phi) is 4.60. The summed E-state index contributed by atoms with van der Waals surface area (Å²) in [6.45, 7) is 0.670. The lowest BCUT2D eigenvalue weighted by Gasteiger charge is -2.36. The van der Waals surface area contributed by atoms with Crippen LogP contribution in [-0.2, 0) is 10.3 Å². The predicted molar refractivity (Wildman–Crippen MR) is 124 cm³/mol. The Morgan fingerprint density at radius 2 is 1.94 bits per heavy atom. The van der Waals surface area contributed by atoms with E-state index in [1.54, 1.807) is 36.5 Å². The number of fused-ring (bicyclic) bond motifs is 4. The van der Waals surface area contributed by atoms with Gasteiger partial charge >= 0.3 is 0 Å². The number of nitrogens with zero attached hydrogens (tertiary/aromatic N) is 3. The van der Waals surface area contributed by atoms with Gasteiger partial charge in [-0.15, -0.1) is 0 Å². The number of hydrogen-bond donors (Lipinski definition) is 1. The van der Waals surface area contributed by atoms with E-state index < -0.39 is 22.3 Å². The Morgan fingerprint density at radius 3 is 2.74 bits per heavy atom. The average Bonchev–Trinajstić information content (AvgIpc) is 3.52. The van der Waals surface area contributed by atoms with Crippen molar-refractivity contribution >= 4 is 23.1 Å². The Balaban J connectivity index is 1.62. The summed E-state index contributed by atoms with van der Waals surface area (Å²) in [5, 5.41) is 14.6. The number of amides is 1. The molecule has 170 valence electrons. The van der Waals surface area contributed by atoms with Crippen LogP contribution in [0.1, 0.15) is 40.4 Å². The van der Waals surface area contributed by atoms with Crippen LogP contribution in [0.25, 0.3) is 0 Å². The Hall–Kier alpha value is -3.91. The van der Waals surface area contributed by atoms with Gasteiger partial charge in [0.1, 0.15) is 11.2 Å². The zero-order valence-corrected chi connectivity index (χ0v) is 18.3. The minimum Gasteiger partial charge on any atom is -0.324 e. The number of nitro benzene ring substituents is 1. The maximum absolute atomic E-state index is 14.2. The molecule has 3 aromatic rings. The Labute approximate surface area is 195 Å². The zero-order valence-electron chi connectivity index (χ0n) is 18.3. The molecular formula is C26H22N4O4. The maximum Gasteiger partial charge on any atom is 0.269 e. The number of ketones is 1. The predicted octanol–water partition coefficient (Wildman–Crippen LogP) is 3.90. The van der Waals surface area contributed by atoms with E-state index in [9.17, 15) is 19.7 Å². The van der Waals surface area contributed by atoms with Crippen molar-refractivity contribution in [1.29, 1.82) is 0 Å². The van der Waals surface area contributed by atoms with Gasteiger partial charge < -0.3 is 5.32 Å². The Morgan fingerprint density at radius 1 is 1.12 bits per heavy atom. The van der Waals surface area contributed by atoms with Crippen molar-refractivity contribution in [2.45, 2.75) is 30.3 Å². The van der Waals surface area contributed by atoms with Gasteiger partial charge in [0.2, 0.25) is 5.91 Å². The summed E-state index contributed by atoms with van der Waals surface area (Å²) >= 11 is 0. The number of nitrogens with one attached hydrogen (secondary N) is 1. The number of aromatic nitrogens is 1. The number of pyridine rings is 1. The molecule has 0 saturated carbocycles. The molecule has 2 saturated heterocycles. The van der Waals surface area contributed by atoms with E-state index >= 15 is 0 Å². The van der Waals surface area contributed by atoms with Gasteiger partial charge in [0, 0.05) is 41.5 Å². The van der Waals surface area contributed by atoms with Crippen molar-refractivity contribution in [1.82, 2.24) is 9.88 Å². The van der Waals surface area contributed by atoms with Crippen molar-refractivity contribution in [3.05, 3.63) is 99.9 Å². The molecule has 0 aliphatic carbocycles. The van der Waals surface area contributed by atoms with Crippen LogP contribution in [0.2, 0.25) is 0 Å². The van der Waals surface area contributed by atoms with Gasteiger partial charge in [-0.25, -0.2) is 0 Å². The van der Waals surface area contributed by atoms with E-state index in [2.05, 4.69) is 15.2 Å². The molecule has 8 nitrogen and oxygen atoms in total. The van der Waals surface area contributed by atoms with Crippen molar-refractivity contribution in [3.8, 4) is 0 Å². The highest BCUT2D eigenvalue weighted by Crippen LogP contribution is 2.61. The minimum atomic E-state index is -1.19. The standard InChI is InChI=1S/C26H22N4O4/c31-24(20-11-3-4-13-27-20)23-22(16-7-5-8-17(15-16)30(33)34)21-12-6-14-29(21)26(23)18-9-1-2-10-19(18)28-25(26)32/h1-5,7-11,13,15,21-23H,6,12,14H2,(H,28,32)/t21?,22?,23?,26-/m1/s1. The smallest absolute Gasteiger partial charge is 0.269 e. The fraction of sp³-hybridized carbons (Fsp3) is 0.269. The zero-order chi connectivity index (χ0) is 23.4. The number of para-hydroxylation sites is 1. The molecule has 2 aromatic carbocycles. The lowest BCUT2D eigenvalue weighted by Crippen LogP contribution is -2.53. The number of carbonyl (C=O) groups is 2. The molecule has 1 aromatic heterocycles. The Bertz CT molecular complexity index is 1330. The number of Topliss-reactive ketones (excluding diaryl/α,β-unsaturated/α-hetero) is 1. The van der Waals surface area contributed by atoms with Crippen LogP contribution in [0.3, 0.4) is 0 Å². The second-order valence-electron chi connectivity index (χ2n) is 9.10. The number of rotatable bonds is 4. The molecule has 1 amide bonds. The van der Waals surface area contributed by atoms with Gasteiger partial charge in [0.25, 0.3) is 5.69 Å². The van der Waals surface area contributed by atoms with Crippen molar-refractivity contribution in [2.75, 3.05) is 11.9 Å². The van der Waals surface area contributed by atoms with Crippen molar-refractivity contribution < 1.29 is 14.5 Å². The van der Waals surface area contributed by atoms with Gasteiger partial charge in [-0.1, -0.05) is 36.4 Å². The molecule has 4 atom stereocenters. The molecule has 3 aliphatic rings. The molecular weight excluding hydrogens is 432 g/mol. The van der Waals surface area contributed by atoms with Crippen LogP contribution < -0.4 is 5.32 Å². The lowest BCUT2D eigenvalue weighted by atomic mass is 9.69. The molecule has 1 spiro atoms. The SMILES string of the molecule is O=C(c1ccccn1)C1C(c2cccc([N+](=O)[O-])c2)C2CCCN2[C@@]12C(=O)Nc1ccccc12. The van der Waals surface area contributed by atoms with Crippen molar-refractivity contribution in [3.63, 3.8) is 0 Å². The highest BCUT2D eigenvalue weighted by atomic mass is 16.6. The molecule has 0 radical (unpaired) electrons. The second kappa shape index (κ2) is 7.56. The first kappa shape index (κ1) is 20.7. The molecule has 6 rings (SSSR count). The fourth-order valence-electron chi connectivity index (χ4n) is 6.40. The van der Waals surface area contributed by atoms with E-state index in [1.165, 1.54) is 6.07 Å². The largest absolute Gasteiger partial charge is 0.324 e. The van der Waals surface area contributed by atoms with Gasteiger partial charge in [-0.2, -0.15) is 0 Å². The van der Waals surface area contributed by atoms with Crippen LogP contribution in [0.5, 0.6) is 0 Å². The molecule has 2 fully saturated rings. The highest BCUT2D eigenvalue weighted by molar-refractivity contribution is 6.12. The van der Waals surface area contributed by atoms with Crippen LogP contribution in [0.4, 0.5) is 11.4 Å². The third-order valence-electron chi connectivity index (χ3n) is 7.57. The maximum atomic E-state index is 14.2. The topological polar surface area (TPSA) is 105 Å². The molecule has 4 heterocycles. The first-order valence-corrected chi connectivity index (χ1v) is 11.4. The number of nitro groups is 1. The normalized spacial score (nSPS) is 27.4. The first-order chi connectivity index (χ1) is 16.5. The van der Waals surface area contributed by atoms with Gasteiger partial charge in [-0.05, 0) is 43.1 Å². The van der Waals surface area contributed by atoms with Gasteiger partial charge in [0.15, 0.2) is 5.78 Å². The summed E-state index contributed by atoms with van der Waals surface area (Å²) in [7, 11) is 0. The minimum absolute atomic E-state index is 0.0247. The monoisotopic (exact) mass is 454 g/mol. The van der Waals surface area contributed by atoms with Crippen LogP contribution in [0.15, 0.2) is 72.9 Å².